The van der Waals surface area contributed by atoms with Crippen LogP contribution in [-0.4, -0.2) is 17.1 Å². The molecule has 90 valence electrons. The number of nitriles is 1. The number of benzene rings is 1. The van der Waals surface area contributed by atoms with Crippen molar-refractivity contribution in [3.05, 3.63) is 29.8 Å². The topological polar surface area (TPSA) is 73.1 Å². The summed E-state index contributed by atoms with van der Waals surface area (Å²) in [7, 11) is 0. The van der Waals surface area contributed by atoms with E-state index in [0.29, 0.717) is 17.7 Å². The Balaban J connectivity index is 2.72. The molecule has 0 saturated carbocycles. The molecule has 0 aliphatic heterocycles. The van der Waals surface area contributed by atoms with Gasteiger partial charge in [0.15, 0.2) is 0 Å². The highest BCUT2D eigenvalue weighted by Crippen LogP contribution is 2.13. The van der Waals surface area contributed by atoms with Crippen molar-refractivity contribution in [2.45, 2.75) is 32.2 Å². The number of hydrogen-bond acceptors (Lipinski definition) is 3. The minimum Gasteiger partial charge on any atom is -0.480 e. The molecule has 0 amide bonds. The van der Waals surface area contributed by atoms with Gasteiger partial charge in [0, 0.05) is 5.69 Å². The number of nitrogens with one attached hydrogen (secondary N) is 1. The maximum absolute atomic E-state index is 11.0. The monoisotopic (exact) mass is 232 g/mol. The highest BCUT2D eigenvalue weighted by molar-refractivity contribution is 5.77. The van der Waals surface area contributed by atoms with Gasteiger partial charge in [-0.3, -0.25) is 0 Å². The summed E-state index contributed by atoms with van der Waals surface area (Å²) in [5.74, 6) is -0.860. The molecule has 1 atom stereocenters. The minimum absolute atomic E-state index is 0.523. The number of rotatable bonds is 6. The van der Waals surface area contributed by atoms with E-state index in [0.717, 1.165) is 12.8 Å². The standard InChI is InChI=1S/C13H16N2O2/c1-2-3-7-12(13(16)17)15-11-6-4-5-10(8-11)9-14/h4-6,8,12,15H,2-3,7H2,1H3,(H,16,17). The van der Waals surface area contributed by atoms with E-state index in [4.69, 9.17) is 10.4 Å². The Kier molecular flexibility index (Phi) is 5.02. The number of hydrogen-bond donors (Lipinski definition) is 2. The largest absolute Gasteiger partial charge is 0.480 e. The zero-order valence-corrected chi connectivity index (χ0v) is 9.81. The van der Waals surface area contributed by atoms with Crippen LogP contribution in [0.5, 0.6) is 0 Å². The Morgan fingerprint density at radius 2 is 2.35 bits per heavy atom. The van der Waals surface area contributed by atoms with Crippen LogP contribution in [0.25, 0.3) is 0 Å². The van der Waals surface area contributed by atoms with Crippen LogP contribution in [0.2, 0.25) is 0 Å². The van der Waals surface area contributed by atoms with Gasteiger partial charge in [-0.2, -0.15) is 5.26 Å². The van der Waals surface area contributed by atoms with Gasteiger partial charge in [-0.25, -0.2) is 4.79 Å². The van der Waals surface area contributed by atoms with Crippen molar-refractivity contribution < 1.29 is 9.90 Å². The van der Waals surface area contributed by atoms with Gasteiger partial charge in [-0.15, -0.1) is 0 Å². The highest BCUT2D eigenvalue weighted by Gasteiger charge is 2.16. The molecule has 1 aromatic rings. The molecule has 0 fully saturated rings. The highest BCUT2D eigenvalue weighted by atomic mass is 16.4. The zero-order valence-electron chi connectivity index (χ0n) is 9.81. The Labute approximate surface area is 101 Å². The van der Waals surface area contributed by atoms with Gasteiger partial charge in [0.1, 0.15) is 6.04 Å². The third-order valence-corrected chi connectivity index (χ3v) is 2.48. The summed E-state index contributed by atoms with van der Waals surface area (Å²) in [6.07, 6.45) is 2.41. The number of carboxylic acids is 1. The van der Waals surface area contributed by atoms with Gasteiger partial charge in [0.2, 0.25) is 0 Å². The van der Waals surface area contributed by atoms with Crippen LogP contribution in [0.3, 0.4) is 0 Å². The average Bonchev–Trinajstić information content (AvgIpc) is 2.34. The maximum atomic E-state index is 11.0. The molecule has 1 unspecified atom stereocenters. The summed E-state index contributed by atoms with van der Waals surface area (Å²) < 4.78 is 0. The van der Waals surface area contributed by atoms with Gasteiger partial charge in [-0.05, 0) is 24.6 Å². The van der Waals surface area contributed by atoms with Crippen molar-refractivity contribution in [1.82, 2.24) is 0 Å². The molecule has 0 aliphatic rings. The molecular formula is C13H16N2O2. The first-order chi connectivity index (χ1) is 8.17. The summed E-state index contributed by atoms with van der Waals surface area (Å²) in [5, 5.41) is 20.8. The van der Waals surface area contributed by atoms with E-state index in [9.17, 15) is 4.79 Å². The van der Waals surface area contributed by atoms with Crippen LogP contribution in [0, 0.1) is 11.3 Å². The van der Waals surface area contributed by atoms with Crippen LogP contribution in [0.1, 0.15) is 31.7 Å². The van der Waals surface area contributed by atoms with E-state index in [-0.39, 0.29) is 0 Å². The Morgan fingerprint density at radius 1 is 1.59 bits per heavy atom. The minimum atomic E-state index is -0.860. The van der Waals surface area contributed by atoms with Gasteiger partial charge >= 0.3 is 5.97 Å². The van der Waals surface area contributed by atoms with Crippen molar-refractivity contribution in [3.63, 3.8) is 0 Å². The van der Waals surface area contributed by atoms with E-state index >= 15 is 0 Å². The van der Waals surface area contributed by atoms with Crippen molar-refractivity contribution in [3.8, 4) is 6.07 Å². The second-order valence-corrected chi connectivity index (χ2v) is 3.87. The molecule has 4 heteroatoms. The third kappa shape index (κ3) is 4.15. The van der Waals surface area contributed by atoms with Crippen LogP contribution >= 0.6 is 0 Å². The van der Waals surface area contributed by atoms with Crippen molar-refractivity contribution >= 4 is 11.7 Å². The van der Waals surface area contributed by atoms with E-state index < -0.39 is 12.0 Å². The first-order valence-electron chi connectivity index (χ1n) is 5.67. The first kappa shape index (κ1) is 13.0. The van der Waals surface area contributed by atoms with E-state index in [1.807, 2.05) is 13.0 Å². The van der Waals surface area contributed by atoms with E-state index in [2.05, 4.69) is 5.32 Å². The normalized spacial score (nSPS) is 11.5. The quantitative estimate of drug-likeness (QED) is 0.790. The lowest BCUT2D eigenvalue weighted by molar-refractivity contribution is -0.138. The smallest absolute Gasteiger partial charge is 0.326 e. The summed E-state index contributed by atoms with van der Waals surface area (Å²) >= 11 is 0. The predicted molar refractivity (Wildman–Crippen MR) is 65.7 cm³/mol. The Hall–Kier alpha value is -2.02. The molecule has 17 heavy (non-hydrogen) atoms. The van der Waals surface area contributed by atoms with Crippen LogP contribution < -0.4 is 5.32 Å². The molecule has 0 radical (unpaired) electrons. The number of carbonyl (C=O) groups is 1. The summed E-state index contributed by atoms with van der Waals surface area (Å²) in [6.45, 7) is 2.02. The summed E-state index contributed by atoms with van der Waals surface area (Å²) in [6, 6.07) is 8.28. The number of carboxylic acid groups (broad SMARTS) is 1. The van der Waals surface area contributed by atoms with Crippen LogP contribution in [0.15, 0.2) is 24.3 Å². The Bertz CT molecular complexity index is 424. The third-order valence-electron chi connectivity index (χ3n) is 2.48. The van der Waals surface area contributed by atoms with Gasteiger partial charge in [0.05, 0.1) is 11.6 Å². The molecule has 0 aliphatic carbocycles. The average molecular weight is 232 g/mol. The first-order valence-corrected chi connectivity index (χ1v) is 5.67. The summed E-state index contributed by atoms with van der Waals surface area (Å²) in [5.41, 5.74) is 1.20. The molecule has 0 bridgehead atoms. The van der Waals surface area contributed by atoms with Crippen molar-refractivity contribution in [1.29, 1.82) is 5.26 Å². The molecule has 2 N–H and O–H groups in total. The van der Waals surface area contributed by atoms with Gasteiger partial charge in [0.25, 0.3) is 0 Å². The second-order valence-electron chi connectivity index (χ2n) is 3.87. The lowest BCUT2D eigenvalue weighted by Crippen LogP contribution is -2.29. The zero-order chi connectivity index (χ0) is 12.7. The SMILES string of the molecule is CCCCC(Nc1cccc(C#N)c1)C(=O)O. The molecule has 4 nitrogen and oxygen atoms in total. The fraction of sp³-hybridized carbons (Fsp3) is 0.385. The fourth-order valence-corrected chi connectivity index (χ4v) is 1.55. The number of unbranched alkanes of at least 4 members (excludes halogenated alkanes) is 1. The Morgan fingerprint density at radius 3 is 2.94 bits per heavy atom. The van der Waals surface area contributed by atoms with Crippen LogP contribution in [-0.2, 0) is 4.79 Å². The maximum Gasteiger partial charge on any atom is 0.326 e. The van der Waals surface area contributed by atoms with E-state index in [1.54, 1.807) is 24.3 Å². The number of anilines is 1. The lowest BCUT2D eigenvalue weighted by Gasteiger charge is -2.15. The van der Waals surface area contributed by atoms with Gasteiger partial charge < -0.3 is 10.4 Å². The second kappa shape index (κ2) is 6.54. The molecule has 0 aromatic heterocycles. The van der Waals surface area contributed by atoms with Crippen molar-refractivity contribution in [2.24, 2.45) is 0 Å². The number of nitrogens with zero attached hydrogens (tertiary/aromatic N) is 1. The summed E-state index contributed by atoms with van der Waals surface area (Å²) in [4.78, 5) is 11.0. The molecule has 0 heterocycles. The molecule has 0 spiro atoms. The lowest BCUT2D eigenvalue weighted by atomic mass is 10.1. The fourth-order valence-electron chi connectivity index (χ4n) is 1.55. The van der Waals surface area contributed by atoms with Crippen molar-refractivity contribution in [2.75, 3.05) is 5.32 Å². The predicted octanol–water partition coefficient (Wildman–Crippen LogP) is 2.61. The number of aliphatic carboxylic acids is 1. The van der Waals surface area contributed by atoms with Crippen LogP contribution in [0.4, 0.5) is 5.69 Å². The molecular weight excluding hydrogens is 216 g/mol. The molecule has 1 rings (SSSR count). The van der Waals surface area contributed by atoms with E-state index in [1.165, 1.54) is 0 Å². The molecule has 1 aromatic carbocycles. The van der Waals surface area contributed by atoms with Gasteiger partial charge in [-0.1, -0.05) is 25.8 Å². The molecule has 0 saturated heterocycles.